The molecule has 1 aromatic heterocycles. The molecule has 1 aliphatic rings. The molecule has 0 saturated heterocycles. The summed E-state index contributed by atoms with van der Waals surface area (Å²) >= 11 is 0. The Labute approximate surface area is 195 Å². The second-order valence-electron chi connectivity index (χ2n) is 8.46. The van der Waals surface area contributed by atoms with E-state index in [1.807, 2.05) is 86.3 Å². The first-order valence-corrected chi connectivity index (χ1v) is 11.3. The van der Waals surface area contributed by atoms with Gasteiger partial charge in [0.05, 0.1) is 12.1 Å². The molecule has 2 amide bonds. The number of amides is 2. The lowest BCUT2D eigenvalue weighted by molar-refractivity contribution is -0.138. The number of benzene rings is 2. The monoisotopic (exact) mass is 439 g/mol. The van der Waals surface area contributed by atoms with Crippen LogP contribution in [0.2, 0.25) is 0 Å². The van der Waals surface area contributed by atoms with E-state index in [2.05, 4.69) is 4.98 Å². The van der Waals surface area contributed by atoms with Crippen molar-refractivity contribution >= 4 is 17.4 Å². The van der Waals surface area contributed by atoms with Gasteiger partial charge >= 0.3 is 0 Å². The van der Waals surface area contributed by atoms with E-state index in [0.717, 1.165) is 34.2 Å². The maximum Gasteiger partial charge on any atom is 0.278 e. The van der Waals surface area contributed by atoms with Gasteiger partial charge in [0.2, 0.25) is 0 Å². The summed E-state index contributed by atoms with van der Waals surface area (Å²) in [5, 5.41) is 0. The average Bonchev–Trinajstić information content (AvgIpc) is 3.07. The highest BCUT2D eigenvalue weighted by atomic mass is 16.2. The Balaban J connectivity index is 1.69. The summed E-state index contributed by atoms with van der Waals surface area (Å²) in [6.45, 7) is 7.59. The molecule has 0 atom stereocenters. The van der Waals surface area contributed by atoms with Crippen LogP contribution in [0.15, 0.2) is 78.8 Å². The second kappa shape index (κ2) is 9.82. The van der Waals surface area contributed by atoms with Gasteiger partial charge in [0.15, 0.2) is 0 Å². The Morgan fingerprint density at radius 1 is 0.788 bits per heavy atom. The lowest BCUT2D eigenvalue weighted by atomic mass is 10.0. The molecular weight excluding hydrogens is 410 g/mol. The average molecular weight is 440 g/mol. The zero-order valence-corrected chi connectivity index (χ0v) is 19.4. The fourth-order valence-corrected chi connectivity index (χ4v) is 4.10. The molecular formula is C28H29N3O2. The van der Waals surface area contributed by atoms with Gasteiger partial charge in [0, 0.05) is 25.5 Å². The molecule has 0 bridgehead atoms. The van der Waals surface area contributed by atoms with Gasteiger partial charge in [-0.3, -0.25) is 19.5 Å². The van der Waals surface area contributed by atoms with Gasteiger partial charge in [-0.1, -0.05) is 59.7 Å². The van der Waals surface area contributed by atoms with E-state index in [9.17, 15) is 9.59 Å². The third-order valence-corrected chi connectivity index (χ3v) is 6.06. The number of carbonyl (C=O) groups excluding carboxylic acids is 2. The highest BCUT2D eigenvalue weighted by molar-refractivity contribution is 6.35. The molecule has 0 unspecified atom stereocenters. The van der Waals surface area contributed by atoms with Crippen LogP contribution in [0.1, 0.15) is 34.7 Å². The van der Waals surface area contributed by atoms with Crippen molar-refractivity contribution in [1.29, 1.82) is 0 Å². The minimum atomic E-state index is -0.234. The second-order valence-corrected chi connectivity index (χ2v) is 8.46. The van der Waals surface area contributed by atoms with Crippen molar-refractivity contribution in [1.82, 2.24) is 14.8 Å². The van der Waals surface area contributed by atoms with Crippen molar-refractivity contribution in [2.45, 2.75) is 33.7 Å². The fraction of sp³-hybridized carbons (Fsp3) is 0.250. The molecule has 5 heteroatoms. The number of aryl methyl sites for hydroxylation is 2. The van der Waals surface area contributed by atoms with E-state index < -0.39 is 0 Å². The Bertz CT molecular complexity index is 1170. The Morgan fingerprint density at radius 2 is 1.39 bits per heavy atom. The Kier molecular flexibility index (Phi) is 6.68. The number of pyridine rings is 1. The molecule has 33 heavy (non-hydrogen) atoms. The smallest absolute Gasteiger partial charge is 0.278 e. The van der Waals surface area contributed by atoms with Crippen LogP contribution in [0.25, 0.3) is 5.57 Å². The Morgan fingerprint density at radius 3 is 2.00 bits per heavy atom. The van der Waals surface area contributed by atoms with Crippen LogP contribution in [0, 0.1) is 13.8 Å². The number of imide groups is 1. The summed E-state index contributed by atoms with van der Waals surface area (Å²) in [6, 6.07) is 19.7. The van der Waals surface area contributed by atoms with Crippen molar-refractivity contribution in [3.63, 3.8) is 0 Å². The first kappa shape index (κ1) is 22.5. The molecule has 0 radical (unpaired) electrons. The van der Waals surface area contributed by atoms with E-state index >= 15 is 0 Å². The standard InChI is InChI=1S/C28H29N3O2/c1-4-30(18-15-22-13-16-29-17-14-22)26-25(24-11-7-21(3)8-12-24)27(32)31(28(26)33)19-23-9-5-20(2)6-10-23/h5-14,16-17H,4,15,18-19H2,1-3H3. The summed E-state index contributed by atoms with van der Waals surface area (Å²) < 4.78 is 0. The first-order chi connectivity index (χ1) is 16.0. The van der Waals surface area contributed by atoms with E-state index in [1.165, 1.54) is 4.90 Å². The molecule has 3 aromatic rings. The zero-order valence-electron chi connectivity index (χ0n) is 19.4. The summed E-state index contributed by atoms with van der Waals surface area (Å²) in [5.41, 5.74) is 6.10. The zero-order chi connectivity index (χ0) is 23.4. The minimum absolute atomic E-state index is 0.229. The summed E-state index contributed by atoms with van der Waals surface area (Å²) in [5.74, 6) is -0.463. The summed E-state index contributed by atoms with van der Waals surface area (Å²) in [6.07, 6.45) is 4.31. The van der Waals surface area contributed by atoms with Crippen LogP contribution >= 0.6 is 0 Å². The number of nitrogens with zero attached hydrogens (tertiary/aromatic N) is 3. The number of rotatable bonds is 8. The van der Waals surface area contributed by atoms with E-state index in [-0.39, 0.29) is 18.4 Å². The highest BCUT2D eigenvalue weighted by Gasteiger charge is 2.41. The molecule has 1 aliphatic heterocycles. The molecule has 0 spiro atoms. The molecule has 0 aliphatic carbocycles. The predicted octanol–water partition coefficient (Wildman–Crippen LogP) is 4.54. The predicted molar refractivity (Wildman–Crippen MR) is 130 cm³/mol. The van der Waals surface area contributed by atoms with Crippen molar-refractivity contribution in [2.24, 2.45) is 0 Å². The molecule has 5 nitrogen and oxygen atoms in total. The topological polar surface area (TPSA) is 53.5 Å². The van der Waals surface area contributed by atoms with Crippen molar-refractivity contribution in [2.75, 3.05) is 13.1 Å². The SMILES string of the molecule is CCN(CCc1ccncc1)C1=C(c2ccc(C)cc2)C(=O)N(Cc2ccc(C)cc2)C1=O. The molecule has 2 heterocycles. The number of hydrogen-bond acceptors (Lipinski definition) is 4. The van der Waals surface area contributed by atoms with Crippen LogP contribution in [0.5, 0.6) is 0 Å². The van der Waals surface area contributed by atoms with E-state index in [0.29, 0.717) is 24.4 Å². The van der Waals surface area contributed by atoms with Gasteiger partial charge in [0.25, 0.3) is 11.8 Å². The van der Waals surface area contributed by atoms with Crippen LogP contribution in [0.3, 0.4) is 0 Å². The van der Waals surface area contributed by atoms with Crippen LogP contribution in [-0.4, -0.2) is 39.7 Å². The number of hydrogen-bond donors (Lipinski definition) is 0. The lowest BCUT2D eigenvalue weighted by Gasteiger charge is -2.25. The maximum absolute atomic E-state index is 13.6. The van der Waals surface area contributed by atoms with Crippen LogP contribution in [-0.2, 0) is 22.6 Å². The van der Waals surface area contributed by atoms with Gasteiger partial charge < -0.3 is 4.90 Å². The third-order valence-electron chi connectivity index (χ3n) is 6.06. The van der Waals surface area contributed by atoms with Crippen molar-refractivity contribution in [3.05, 3.63) is 107 Å². The normalized spacial score (nSPS) is 13.7. The van der Waals surface area contributed by atoms with Crippen LogP contribution in [0.4, 0.5) is 0 Å². The quantitative estimate of drug-likeness (QED) is 0.484. The molecule has 168 valence electrons. The van der Waals surface area contributed by atoms with Crippen molar-refractivity contribution < 1.29 is 9.59 Å². The van der Waals surface area contributed by atoms with Crippen LogP contribution < -0.4 is 0 Å². The van der Waals surface area contributed by atoms with E-state index in [4.69, 9.17) is 0 Å². The number of likely N-dealkylation sites (N-methyl/N-ethyl adjacent to an activating group) is 1. The third kappa shape index (κ3) is 4.87. The highest BCUT2D eigenvalue weighted by Crippen LogP contribution is 2.33. The van der Waals surface area contributed by atoms with E-state index in [1.54, 1.807) is 12.4 Å². The molecule has 0 fully saturated rings. The first-order valence-electron chi connectivity index (χ1n) is 11.3. The van der Waals surface area contributed by atoms with Gasteiger partial charge in [-0.15, -0.1) is 0 Å². The fourth-order valence-electron chi connectivity index (χ4n) is 4.10. The lowest BCUT2D eigenvalue weighted by Crippen LogP contribution is -2.35. The number of aromatic nitrogens is 1. The largest absolute Gasteiger partial charge is 0.366 e. The summed E-state index contributed by atoms with van der Waals surface area (Å²) in [7, 11) is 0. The molecule has 4 rings (SSSR count). The summed E-state index contributed by atoms with van der Waals surface area (Å²) in [4.78, 5) is 34.7. The molecule has 0 N–H and O–H groups in total. The van der Waals surface area contributed by atoms with Crippen molar-refractivity contribution in [3.8, 4) is 0 Å². The Hall–Kier alpha value is -3.73. The van der Waals surface area contributed by atoms with Gasteiger partial charge in [-0.05, 0) is 56.0 Å². The number of carbonyl (C=O) groups is 2. The molecule has 0 saturated carbocycles. The minimum Gasteiger partial charge on any atom is -0.366 e. The molecule has 2 aromatic carbocycles. The van der Waals surface area contributed by atoms with Gasteiger partial charge in [0.1, 0.15) is 5.70 Å². The van der Waals surface area contributed by atoms with Gasteiger partial charge in [-0.25, -0.2) is 0 Å². The van der Waals surface area contributed by atoms with Gasteiger partial charge in [-0.2, -0.15) is 0 Å². The maximum atomic E-state index is 13.6.